The SMILES string of the molecule is CC(C)C12CCC(C)(C(=O)C1)C2(C)C.CC(C)C12CCC(C)(C(O)C1)C2(C)C. The van der Waals surface area contributed by atoms with Crippen molar-refractivity contribution in [2.75, 3.05) is 0 Å². The molecular weight excluding hydrogens is 344 g/mol. The van der Waals surface area contributed by atoms with E-state index in [1.807, 2.05) is 0 Å². The summed E-state index contributed by atoms with van der Waals surface area (Å²) < 4.78 is 0. The van der Waals surface area contributed by atoms with Gasteiger partial charge in [0.05, 0.1) is 6.10 Å². The van der Waals surface area contributed by atoms with E-state index in [9.17, 15) is 9.90 Å². The molecular formula is C26H46O2. The first-order chi connectivity index (χ1) is 12.6. The average molecular weight is 391 g/mol. The number of rotatable bonds is 2. The van der Waals surface area contributed by atoms with Crippen LogP contribution in [0, 0.1) is 44.3 Å². The zero-order valence-corrected chi connectivity index (χ0v) is 20.3. The fourth-order valence-corrected chi connectivity index (χ4v) is 8.57. The molecule has 0 aromatic heterocycles. The molecule has 4 aliphatic rings. The largest absolute Gasteiger partial charge is 0.393 e. The summed E-state index contributed by atoms with van der Waals surface area (Å²) in [6.45, 7) is 23.1. The van der Waals surface area contributed by atoms with Gasteiger partial charge in [-0.15, -0.1) is 0 Å². The van der Waals surface area contributed by atoms with Crippen molar-refractivity contribution in [1.29, 1.82) is 0 Å². The number of carbonyl (C=O) groups is 1. The van der Waals surface area contributed by atoms with Crippen LogP contribution in [-0.2, 0) is 4.79 Å². The molecule has 0 heterocycles. The van der Waals surface area contributed by atoms with Crippen LogP contribution < -0.4 is 0 Å². The van der Waals surface area contributed by atoms with Gasteiger partial charge in [0.2, 0.25) is 0 Å². The van der Waals surface area contributed by atoms with Crippen LogP contribution in [-0.4, -0.2) is 17.0 Å². The van der Waals surface area contributed by atoms with E-state index in [4.69, 9.17) is 0 Å². The van der Waals surface area contributed by atoms with Gasteiger partial charge in [-0.2, -0.15) is 0 Å². The number of fused-ring (bicyclic) bond motifs is 4. The molecule has 5 atom stereocenters. The van der Waals surface area contributed by atoms with E-state index in [0.717, 1.165) is 19.3 Å². The molecule has 162 valence electrons. The molecule has 0 saturated heterocycles. The predicted molar refractivity (Wildman–Crippen MR) is 117 cm³/mol. The topological polar surface area (TPSA) is 37.3 Å². The van der Waals surface area contributed by atoms with Crippen LogP contribution in [0.4, 0.5) is 0 Å². The van der Waals surface area contributed by atoms with Crippen LogP contribution in [0.15, 0.2) is 0 Å². The Bertz CT molecular complexity index is 659. The van der Waals surface area contributed by atoms with Gasteiger partial charge >= 0.3 is 0 Å². The second kappa shape index (κ2) is 6.08. The molecule has 4 bridgehead atoms. The van der Waals surface area contributed by atoms with Crippen molar-refractivity contribution in [3.05, 3.63) is 0 Å². The number of hydrogen-bond acceptors (Lipinski definition) is 2. The van der Waals surface area contributed by atoms with Crippen molar-refractivity contribution in [2.24, 2.45) is 44.3 Å². The summed E-state index contributed by atoms with van der Waals surface area (Å²) in [6, 6.07) is 0. The molecule has 4 saturated carbocycles. The first-order valence-electron chi connectivity index (χ1n) is 11.8. The highest BCUT2D eigenvalue weighted by Crippen LogP contribution is 2.74. The van der Waals surface area contributed by atoms with Crippen molar-refractivity contribution >= 4 is 5.78 Å². The number of carbonyl (C=O) groups excluding carboxylic acids is 1. The Morgan fingerprint density at radius 2 is 1.29 bits per heavy atom. The van der Waals surface area contributed by atoms with E-state index in [2.05, 4.69) is 69.2 Å². The smallest absolute Gasteiger partial charge is 0.139 e. The molecule has 5 unspecified atom stereocenters. The van der Waals surface area contributed by atoms with E-state index in [0.29, 0.717) is 33.9 Å². The summed E-state index contributed by atoms with van der Waals surface area (Å²) in [7, 11) is 0. The van der Waals surface area contributed by atoms with Gasteiger partial charge < -0.3 is 5.11 Å². The van der Waals surface area contributed by atoms with Gasteiger partial charge in [-0.25, -0.2) is 0 Å². The van der Waals surface area contributed by atoms with Gasteiger partial charge in [-0.1, -0.05) is 69.2 Å². The van der Waals surface area contributed by atoms with Crippen molar-refractivity contribution < 1.29 is 9.90 Å². The second-order valence-electron chi connectivity index (χ2n) is 12.9. The summed E-state index contributed by atoms with van der Waals surface area (Å²) in [5.41, 5.74) is 1.31. The molecule has 1 N–H and O–H groups in total. The number of hydrogen-bond donors (Lipinski definition) is 1. The highest BCUT2D eigenvalue weighted by molar-refractivity contribution is 5.90. The Kier molecular flexibility index (Phi) is 4.85. The number of ketones is 1. The lowest BCUT2D eigenvalue weighted by Crippen LogP contribution is -2.38. The van der Waals surface area contributed by atoms with Gasteiger partial charge in [0.15, 0.2) is 0 Å². The Hall–Kier alpha value is -0.370. The third-order valence-electron chi connectivity index (χ3n) is 12.1. The zero-order valence-electron chi connectivity index (χ0n) is 20.3. The van der Waals surface area contributed by atoms with Gasteiger partial charge in [0.1, 0.15) is 5.78 Å². The summed E-state index contributed by atoms with van der Waals surface area (Å²) >= 11 is 0. The summed E-state index contributed by atoms with van der Waals surface area (Å²) in [5, 5.41) is 10.2. The third kappa shape index (κ3) is 2.22. The minimum absolute atomic E-state index is 0.0305. The second-order valence-corrected chi connectivity index (χ2v) is 12.9. The molecule has 2 nitrogen and oxygen atoms in total. The Labute approximate surface area is 174 Å². The molecule has 2 heteroatoms. The van der Waals surface area contributed by atoms with Crippen LogP contribution in [0.2, 0.25) is 0 Å². The van der Waals surface area contributed by atoms with Gasteiger partial charge in [-0.3, -0.25) is 4.79 Å². The molecule has 0 aromatic rings. The van der Waals surface area contributed by atoms with Crippen molar-refractivity contribution in [1.82, 2.24) is 0 Å². The first-order valence-corrected chi connectivity index (χ1v) is 11.8. The number of aliphatic hydroxyl groups excluding tert-OH is 1. The monoisotopic (exact) mass is 390 g/mol. The highest BCUT2D eigenvalue weighted by atomic mass is 16.3. The molecule has 4 fully saturated rings. The number of aliphatic hydroxyl groups is 1. The van der Waals surface area contributed by atoms with Crippen molar-refractivity contribution in [3.63, 3.8) is 0 Å². The Balaban J connectivity index is 0.000000161. The third-order valence-corrected chi connectivity index (χ3v) is 12.1. The standard InChI is InChI=1S/C13H24O.C13H22O/c2*1-9(2)13-7-6-12(5,10(14)8-13)11(13,3)4/h9-10,14H,6-8H2,1-5H3;9H,6-8H2,1-5H3. The van der Waals surface area contributed by atoms with E-state index in [-0.39, 0.29) is 22.3 Å². The minimum atomic E-state index is -0.0753. The lowest BCUT2D eigenvalue weighted by Gasteiger charge is -2.43. The molecule has 4 rings (SSSR count). The van der Waals surface area contributed by atoms with E-state index in [1.54, 1.807) is 0 Å². The number of Topliss-reactive ketones (excluding diaryl/α,β-unsaturated/α-hetero) is 1. The van der Waals surface area contributed by atoms with Crippen LogP contribution in [0.25, 0.3) is 0 Å². The summed E-state index contributed by atoms with van der Waals surface area (Å²) in [6.07, 6.45) is 6.65. The summed E-state index contributed by atoms with van der Waals surface area (Å²) in [4.78, 5) is 12.1. The minimum Gasteiger partial charge on any atom is -0.393 e. The predicted octanol–water partition coefficient (Wildman–Crippen LogP) is 6.65. The van der Waals surface area contributed by atoms with Crippen molar-refractivity contribution in [3.8, 4) is 0 Å². The van der Waals surface area contributed by atoms with Crippen molar-refractivity contribution in [2.45, 2.75) is 114 Å². The molecule has 4 aliphatic carbocycles. The Morgan fingerprint density at radius 3 is 1.50 bits per heavy atom. The van der Waals surface area contributed by atoms with Crippen LogP contribution >= 0.6 is 0 Å². The first kappa shape index (κ1) is 22.3. The van der Waals surface area contributed by atoms with E-state index < -0.39 is 0 Å². The maximum Gasteiger partial charge on any atom is 0.139 e. The van der Waals surface area contributed by atoms with Crippen LogP contribution in [0.5, 0.6) is 0 Å². The van der Waals surface area contributed by atoms with E-state index in [1.165, 1.54) is 19.3 Å². The molecule has 0 amide bonds. The van der Waals surface area contributed by atoms with E-state index >= 15 is 0 Å². The van der Waals surface area contributed by atoms with Gasteiger partial charge in [0, 0.05) is 11.8 Å². The molecule has 0 aromatic carbocycles. The molecule has 0 spiro atoms. The fraction of sp³-hybridized carbons (Fsp3) is 0.962. The quantitative estimate of drug-likeness (QED) is 0.573. The molecule has 28 heavy (non-hydrogen) atoms. The molecule has 0 aliphatic heterocycles. The zero-order chi connectivity index (χ0) is 21.6. The van der Waals surface area contributed by atoms with Gasteiger partial charge in [0.25, 0.3) is 0 Å². The maximum atomic E-state index is 12.1. The maximum absolute atomic E-state index is 12.1. The lowest BCUT2D eigenvalue weighted by atomic mass is 9.60. The normalized spacial score (nSPS) is 47.8. The summed E-state index contributed by atoms with van der Waals surface area (Å²) in [5.74, 6) is 1.84. The Morgan fingerprint density at radius 1 is 0.786 bits per heavy atom. The highest BCUT2D eigenvalue weighted by Gasteiger charge is 2.70. The fourth-order valence-electron chi connectivity index (χ4n) is 8.57. The van der Waals surface area contributed by atoms with Crippen LogP contribution in [0.1, 0.15) is 108 Å². The van der Waals surface area contributed by atoms with Crippen LogP contribution in [0.3, 0.4) is 0 Å². The molecule has 0 radical (unpaired) electrons. The lowest BCUT2D eigenvalue weighted by molar-refractivity contribution is -0.128. The average Bonchev–Trinajstić information content (AvgIpc) is 3.03. The van der Waals surface area contributed by atoms with Gasteiger partial charge in [-0.05, 0) is 71.0 Å².